The summed E-state index contributed by atoms with van der Waals surface area (Å²) in [5.74, 6) is 0.899. The Balaban J connectivity index is 1.58. The van der Waals surface area contributed by atoms with Crippen molar-refractivity contribution >= 4 is 16.9 Å². The van der Waals surface area contributed by atoms with E-state index in [-0.39, 0.29) is 5.91 Å². The number of carbonyl (C=O) groups is 1. The number of hydrogen-bond donors (Lipinski definition) is 1. The number of aromatic nitrogens is 2. The number of carbonyl (C=O) groups excluding carboxylic acids is 1. The zero-order valence-electron chi connectivity index (χ0n) is 12.2. The van der Waals surface area contributed by atoms with E-state index in [0.29, 0.717) is 26.3 Å². The molecular formula is C15H20N4O2. The molecule has 2 heterocycles. The minimum absolute atomic E-state index is 0.0314. The second kappa shape index (κ2) is 6.24. The molecule has 1 aliphatic rings. The van der Waals surface area contributed by atoms with E-state index in [4.69, 9.17) is 4.74 Å². The van der Waals surface area contributed by atoms with Crippen molar-refractivity contribution in [2.75, 3.05) is 32.8 Å². The second-order valence-electron chi connectivity index (χ2n) is 5.24. The Morgan fingerprint density at radius 2 is 2.10 bits per heavy atom. The number of nitrogens with one attached hydrogen (secondary N) is 1. The first kappa shape index (κ1) is 14.0. The van der Waals surface area contributed by atoms with Crippen molar-refractivity contribution in [1.29, 1.82) is 0 Å². The van der Waals surface area contributed by atoms with Gasteiger partial charge < -0.3 is 14.6 Å². The van der Waals surface area contributed by atoms with Gasteiger partial charge in [-0.1, -0.05) is 12.1 Å². The van der Waals surface area contributed by atoms with Crippen LogP contribution < -0.4 is 5.32 Å². The van der Waals surface area contributed by atoms with Gasteiger partial charge in [0.25, 0.3) is 0 Å². The molecule has 1 amide bonds. The summed E-state index contributed by atoms with van der Waals surface area (Å²) in [7, 11) is 1.97. The van der Waals surface area contributed by atoms with Crippen LogP contribution in [-0.2, 0) is 23.1 Å². The van der Waals surface area contributed by atoms with Crippen molar-refractivity contribution in [2.45, 2.75) is 6.54 Å². The van der Waals surface area contributed by atoms with E-state index in [2.05, 4.69) is 15.2 Å². The molecule has 1 aliphatic heterocycles. The molecule has 0 bridgehead atoms. The van der Waals surface area contributed by atoms with E-state index in [0.717, 1.165) is 29.9 Å². The van der Waals surface area contributed by atoms with E-state index in [1.165, 1.54) is 0 Å². The van der Waals surface area contributed by atoms with Crippen LogP contribution in [0.2, 0.25) is 0 Å². The number of imidazole rings is 1. The highest BCUT2D eigenvalue weighted by molar-refractivity contribution is 5.78. The number of aryl methyl sites for hydroxylation is 1. The Labute approximate surface area is 123 Å². The third kappa shape index (κ3) is 3.22. The largest absolute Gasteiger partial charge is 0.379 e. The van der Waals surface area contributed by atoms with Crippen molar-refractivity contribution < 1.29 is 9.53 Å². The Hall–Kier alpha value is -1.92. The fourth-order valence-corrected chi connectivity index (χ4v) is 2.55. The Kier molecular flexibility index (Phi) is 4.17. The number of amides is 1. The number of benzene rings is 1. The van der Waals surface area contributed by atoms with Crippen LogP contribution in [0.5, 0.6) is 0 Å². The van der Waals surface area contributed by atoms with Gasteiger partial charge in [0, 0.05) is 20.1 Å². The van der Waals surface area contributed by atoms with E-state index >= 15 is 0 Å². The SMILES string of the molecule is Cn1c(CNC(=O)CN2CCOCC2)nc2ccccc21. The fraction of sp³-hybridized carbons (Fsp3) is 0.467. The quantitative estimate of drug-likeness (QED) is 0.891. The van der Waals surface area contributed by atoms with Gasteiger partial charge in [-0.15, -0.1) is 0 Å². The van der Waals surface area contributed by atoms with Crippen LogP contribution in [0.15, 0.2) is 24.3 Å². The average Bonchev–Trinajstić information content (AvgIpc) is 2.83. The van der Waals surface area contributed by atoms with E-state index in [9.17, 15) is 4.79 Å². The molecule has 2 aromatic rings. The Bertz CT molecular complexity index is 632. The van der Waals surface area contributed by atoms with Crippen LogP contribution in [0.1, 0.15) is 5.82 Å². The summed E-state index contributed by atoms with van der Waals surface area (Å²) < 4.78 is 7.29. The van der Waals surface area contributed by atoms with Crippen molar-refractivity contribution in [3.8, 4) is 0 Å². The number of para-hydroxylation sites is 2. The summed E-state index contributed by atoms with van der Waals surface area (Å²) >= 11 is 0. The molecule has 112 valence electrons. The second-order valence-corrected chi connectivity index (χ2v) is 5.24. The molecule has 0 unspecified atom stereocenters. The van der Waals surface area contributed by atoms with Gasteiger partial charge in [0.05, 0.1) is 37.3 Å². The molecule has 0 spiro atoms. The maximum Gasteiger partial charge on any atom is 0.234 e. The van der Waals surface area contributed by atoms with Crippen LogP contribution in [0.3, 0.4) is 0 Å². The van der Waals surface area contributed by atoms with Crippen LogP contribution >= 0.6 is 0 Å². The predicted molar refractivity (Wildman–Crippen MR) is 79.8 cm³/mol. The van der Waals surface area contributed by atoms with Crippen LogP contribution in [0.4, 0.5) is 0 Å². The Morgan fingerprint density at radius 3 is 2.86 bits per heavy atom. The molecule has 6 nitrogen and oxygen atoms in total. The summed E-state index contributed by atoms with van der Waals surface area (Å²) in [4.78, 5) is 18.6. The smallest absolute Gasteiger partial charge is 0.234 e. The first-order valence-electron chi connectivity index (χ1n) is 7.21. The highest BCUT2D eigenvalue weighted by atomic mass is 16.5. The molecule has 1 aromatic heterocycles. The molecule has 0 saturated carbocycles. The lowest BCUT2D eigenvalue weighted by Gasteiger charge is -2.25. The molecule has 1 aromatic carbocycles. The minimum atomic E-state index is 0.0314. The Morgan fingerprint density at radius 1 is 1.33 bits per heavy atom. The van der Waals surface area contributed by atoms with Gasteiger partial charge in [-0.2, -0.15) is 0 Å². The normalized spacial score (nSPS) is 16.2. The van der Waals surface area contributed by atoms with E-state index < -0.39 is 0 Å². The van der Waals surface area contributed by atoms with Gasteiger partial charge in [-0.05, 0) is 12.1 Å². The summed E-state index contributed by atoms with van der Waals surface area (Å²) in [6.45, 7) is 3.93. The highest BCUT2D eigenvalue weighted by Gasteiger charge is 2.14. The maximum atomic E-state index is 12.0. The minimum Gasteiger partial charge on any atom is -0.379 e. The van der Waals surface area contributed by atoms with Crippen molar-refractivity contribution in [3.05, 3.63) is 30.1 Å². The lowest BCUT2D eigenvalue weighted by Crippen LogP contribution is -2.43. The van der Waals surface area contributed by atoms with Gasteiger partial charge in [0.2, 0.25) is 5.91 Å². The molecule has 21 heavy (non-hydrogen) atoms. The zero-order valence-corrected chi connectivity index (χ0v) is 12.2. The van der Waals surface area contributed by atoms with Gasteiger partial charge in [0.15, 0.2) is 0 Å². The highest BCUT2D eigenvalue weighted by Crippen LogP contribution is 2.13. The summed E-state index contributed by atoms with van der Waals surface area (Å²) in [6, 6.07) is 7.97. The molecule has 6 heteroatoms. The summed E-state index contributed by atoms with van der Waals surface area (Å²) in [6.07, 6.45) is 0. The molecule has 1 saturated heterocycles. The standard InChI is InChI=1S/C15H20N4O2/c1-18-13-5-3-2-4-12(13)17-14(18)10-16-15(20)11-19-6-8-21-9-7-19/h2-5H,6-11H2,1H3,(H,16,20). The molecular weight excluding hydrogens is 268 g/mol. The van der Waals surface area contributed by atoms with Crippen molar-refractivity contribution in [2.24, 2.45) is 7.05 Å². The number of morpholine rings is 1. The van der Waals surface area contributed by atoms with Gasteiger partial charge in [-0.25, -0.2) is 4.98 Å². The van der Waals surface area contributed by atoms with Gasteiger partial charge in [0.1, 0.15) is 5.82 Å². The summed E-state index contributed by atoms with van der Waals surface area (Å²) in [5, 5.41) is 2.94. The molecule has 0 atom stereocenters. The fourth-order valence-electron chi connectivity index (χ4n) is 2.55. The van der Waals surface area contributed by atoms with Crippen molar-refractivity contribution in [3.63, 3.8) is 0 Å². The first-order valence-corrected chi connectivity index (χ1v) is 7.21. The number of fused-ring (bicyclic) bond motifs is 1. The third-order valence-electron chi connectivity index (χ3n) is 3.79. The first-order chi connectivity index (χ1) is 10.2. The number of rotatable bonds is 4. The lowest BCUT2D eigenvalue weighted by atomic mass is 10.3. The number of nitrogens with zero attached hydrogens (tertiary/aromatic N) is 3. The maximum absolute atomic E-state index is 12.0. The topological polar surface area (TPSA) is 59.4 Å². The molecule has 0 radical (unpaired) electrons. The van der Waals surface area contributed by atoms with Crippen LogP contribution in [0, 0.1) is 0 Å². The zero-order chi connectivity index (χ0) is 14.7. The number of ether oxygens (including phenoxy) is 1. The molecule has 1 N–H and O–H groups in total. The number of hydrogen-bond acceptors (Lipinski definition) is 4. The van der Waals surface area contributed by atoms with Crippen molar-refractivity contribution in [1.82, 2.24) is 19.8 Å². The molecule has 3 rings (SSSR count). The predicted octanol–water partition coefficient (Wildman–Crippen LogP) is 0.522. The monoisotopic (exact) mass is 288 g/mol. The van der Waals surface area contributed by atoms with E-state index in [1.54, 1.807) is 0 Å². The van der Waals surface area contributed by atoms with Crippen LogP contribution in [-0.4, -0.2) is 53.2 Å². The van der Waals surface area contributed by atoms with Crippen LogP contribution in [0.25, 0.3) is 11.0 Å². The third-order valence-corrected chi connectivity index (χ3v) is 3.79. The average molecular weight is 288 g/mol. The molecule has 1 fully saturated rings. The molecule has 0 aliphatic carbocycles. The van der Waals surface area contributed by atoms with E-state index in [1.807, 2.05) is 35.9 Å². The summed E-state index contributed by atoms with van der Waals surface area (Å²) in [5.41, 5.74) is 2.03. The van der Waals surface area contributed by atoms with Gasteiger partial charge >= 0.3 is 0 Å². The van der Waals surface area contributed by atoms with Gasteiger partial charge in [-0.3, -0.25) is 9.69 Å². The lowest BCUT2D eigenvalue weighted by molar-refractivity contribution is -0.123.